The van der Waals surface area contributed by atoms with E-state index in [1.807, 2.05) is 0 Å². The summed E-state index contributed by atoms with van der Waals surface area (Å²) in [6, 6.07) is 6.64. The topological polar surface area (TPSA) is 81.6 Å². The van der Waals surface area contributed by atoms with Crippen LogP contribution in [0.5, 0.6) is 11.8 Å². The molecule has 10 heteroatoms. The van der Waals surface area contributed by atoms with Gasteiger partial charge in [0.05, 0.1) is 17.4 Å². The van der Waals surface area contributed by atoms with E-state index in [-0.39, 0.29) is 6.10 Å². The van der Waals surface area contributed by atoms with Gasteiger partial charge in [0.25, 0.3) is 10.0 Å². The molecule has 0 aromatic carbocycles. The molecule has 3 rings (SSSR count). The lowest BCUT2D eigenvalue weighted by Gasteiger charge is -2.15. The number of hydrogen-bond donors (Lipinski definition) is 0. The SMILES string of the molecule is COc1ccc(OC2CCN(S(=O)(=O)c3ccc(Br)s3)C2)nn1. The number of halogens is 1. The van der Waals surface area contributed by atoms with Crippen LogP contribution in [0.4, 0.5) is 0 Å². The number of nitrogens with zero attached hydrogens (tertiary/aromatic N) is 3. The second-order valence-electron chi connectivity index (χ2n) is 4.86. The Bertz CT molecular complexity index is 779. The zero-order chi connectivity index (χ0) is 16.4. The normalized spacial score (nSPS) is 19.0. The fourth-order valence-electron chi connectivity index (χ4n) is 2.23. The van der Waals surface area contributed by atoms with Crippen LogP contribution in [-0.2, 0) is 10.0 Å². The summed E-state index contributed by atoms with van der Waals surface area (Å²) in [5.41, 5.74) is 0. The highest BCUT2D eigenvalue weighted by Gasteiger charge is 2.34. The molecule has 1 aliphatic heterocycles. The van der Waals surface area contributed by atoms with Crippen LogP contribution in [0.25, 0.3) is 0 Å². The maximum Gasteiger partial charge on any atom is 0.252 e. The highest BCUT2D eigenvalue weighted by Crippen LogP contribution is 2.30. The number of ether oxygens (including phenoxy) is 2. The monoisotopic (exact) mass is 419 g/mol. The summed E-state index contributed by atoms with van der Waals surface area (Å²) in [5, 5.41) is 7.72. The quantitative estimate of drug-likeness (QED) is 0.738. The molecule has 0 bridgehead atoms. The minimum absolute atomic E-state index is 0.240. The average Bonchev–Trinajstić information content (AvgIpc) is 3.18. The fourth-order valence-corrected chi connectivity index (χ4v) is 5.88. The van der Waals surface area contributed by atoms with E-state index >= 15 is 0 Å². The van der Waals surface area contributed by atoms with Crippen molar-refractivity contribution in [3.63, 3.8) is 0 Å². The molecule has 0 amide bonds. The first kappa shape index (κ1) is 16.6. The van der Waals surface area contributed by atoms with Crippen molar-refractivity contribution in [2.24, 2.45) is 0 Å². The summed E-state index contributed by atoms with van der Waals surface area (Å²) >= 11 is 4.49. The van der Waals surface area contributed by atoms with Crippen molar-refractivity contribution in [2.45, 2.75) is 16.7 Å². The van der Waals surface area contributed by atoms with E-state index in [2.05, 4.69) is 26.1 Å². The van der Waals surface area contributed by atoms with Crippen LogP contribution in [0.1, 0.15) is 6.42 Å². The largest absolute Gasteiger partial charge is 0.480 e. The molecule has 2 aromatic rings. The molecule has 1 aliphatic rings. The number of sulfonamides is 1. The van der Waals surface area contributed by atoms with Gasteiger partial charge >= 0.3 is 0 Å². The first-order chi connectivity index (χ1) is 11.0. The number of rotatable bonds is 5. The molecule has 3 heterocycles. The van der Waals surface area contributed by atoms with E-state index in [9.17, 15) is 8.42 Å². The number of hydrogen-bond acceptors (Lipinski definition) is 7. The van der Waals surface area contributed by atoms with Crippen molar-refractivity contribution in [1.82, 2.24) is 14.5 Å². The van der Waals surface area contributed by atoms with Crippen LogP contribution in [0.3, 0.4) is 0 Å². The molecule has 7 nitrogen and oxygen atoms in total. The molecule has 0 radical (unpaired) electrons. The Kier molecular flexibility index (Phi) is 4.85. The first-order valence-electron chi connectivity index (χ1n) is 6.79. The van der Waals surface area contributed by atoms with Crippen LogP contribution in [0.15, 0.2) is 32.3 Å². The van der Waals surface area contributed by atoms with Gasteiger partial charge in [0.15, 0.2) is 0 Å². The standard InChI is InChI=1S/C13H14BrN3O4S2/c1-20-11-3-4-12(16-15-11)21-9-6-7-17(8-9)23(18,19)13-5-2-10(14)22-13/h2-5,9H,6-8H2,1H3. The lowest BCUT2D eigenvalue weighted by molar-refractivity contribution is 0.203. The van der Waals surface area contributed by atoms with E-state index in [0.29, 0.717) is 35.5 Å². The third-order valence-corrected chi connectivity index (χ3v) is 7.32. The predicted octanol–water partition coefficient (Wildman–Crippen LogP) is 2.15. The third kappa shape index (κ3) is 3.65. The van der Waals surface area contributed by atoms with Crippen molar-refractivity contribution >= 4 is 37.3 Å². The second-order valence-corrected chi connectivity index (χ2v) is 9.49. The van der Waals surface area contributed by atoms with E-state index in [0.717, 1.165) is 3.79 Å². The van der Waals surface area contributed by atoms with Crippen molar-refractivity contribution in [3.8, 4) is 11.8 Å². The van der Waals surface area contributed by atoms with Crippen LogP contribution >= 0.6 is 27.3 Å². The van der Waals surface area contributed by atoms with Crippen molar-refractivity contribution in [2.75, 3.05) is 20.2 Å². The maximum atomic E-state index is 12.5. The minimum Gasteiger partial charge on any atom is -0.480 e. The molecule has 0 N–H and O–H groups in total. The van der Waals surface area contributed by atoms with E-state index in [1.165, 1.54) is 22.8 Å². The number of methoxy groups -OCH3 is 1. The molecule has 0 spiro atoms. The van der Waals surface area contributed by atoms with Crippen molar-refractivity contribution < 1.29 is 17.9 Å². The Labute approximate surface area is 146 Å². The third-order valence-electron chi connectivity index (χ3n) is 3.36. The zero-order valence-electron chi connectivity index (χ0n) is 12.2. The van der Waals surface area contributed by atoms with Crippen molar-refractivity contribution in [3.05, 3.63) is 28.1 Å². The molecule has 2 aromatic heterocycles. The zero-order valence-corrected chi connectivity index (χ0v) is 15.4. The average molecular weight is 420 g/mol. The number of aromatic nitrogens is 2. The molecule has 1 unspecified atom stereocenters. The van der Waals surface area contributed by atoms with Crippen molar-refractivity contribution in [1.29, 1.82) is 0 Å². The minimum atomic E-state index is -3.47. The molecule has 1 atom stereocenters. The van der Waals surface area contributed by atoms with Gasteiger partial charge in [-0.25, -0.2) is 8.42 Å². The Hall–Kier alpha value is -1.23. The summed E-state index contributed by atoms with van der Waals surface area (Å²) in [4.78, 5) is 0. The fraction of sp³-hybridized carbons (Fsp3) is 0.385. The van der Waals surface area contributed by atoms with Gasteiger partial charge in [0.1, 0.15) is 10.3 Å². The van der Waals surface area contributed by atoms with E-state index in [4.69, 9.17) is 9.47 Å². The van der Waals surface area contributed by atoms with Crippen LogP contribution in [0, 0.1) is 0 Å². The van der Waals surface area contributed by atoms with E-state index < -0.39 is 10.0 Å². The van der Waals surface area contributed by atoms with E-state index in [1.54, 1.807) is 24.3 Å². The lowest BCUT2D eigenvalue weighted by atomic mass is 10.3. The number of thiophene rings is 1. The van der Waals surface area contributed by atoms with Gasteiger partial charge in [0.2, 0.25) is 11.8 Å². The summed E-state index contributed by atoms with van der Waals surface area (Å²) < 4.78 is 38.3. The lowest BCUT2D eigenvalue weighted by Crippen LogP contribution is -2.30. The smallest absolute Gasteiger partial charge is 0.252 e. The van der Waals surface area contributed by atoms with Crippen LogP contribution in [0.2, 0.25) is 0 Å². The Morgan fingerprint density at radius 1 is 1.26 bits per heavy atom. The molecule has 124 valence electrons. The van der Waals surface area contributed by atoms with Gasteiger partial charge in [-0.15, -0.1) is 21.5 Å². The first-order valence-corrected chi connectivity index (χ1v) is 9.84. The molecule has 0 aliphatic carbocycles. The molecule has 0 saturated carbocycles. The Morgan fingerprint density at radius 2 is 2.00 bits per heavy atom. The summed E-state index contributed by atoms with van der Waals surface area (Å²) in [7, 11) is -1.96. The van der Waals surface area contributed by atoms with Gasteiger partial charge in [0, 0.05) is 18.7 Å². The van der Waals surface area contributed by atoms with Gasteiger partial charge in [-0.1, -0.05) is 0 Å². The molecular weight excluding hydrogens is 406 g/mol. The van der Waals surface area contributed by atoms with Crippen LogP contribution in [-0.4, -0.2) is 49.2 Å². The van der Waals surface area contributed by atoms with Crippen LogP contribution < -0.4 is 9.47 Å². The molecule has 1 fully saturated rings. The Balaban J connectivity index is 1.66. The van der Waals surface area contributed by atoms with Gasteiger partial charge in [-0.3, -0.25) is 0 Å². The summed E-state index contributed by atoms with van der Waals surface area (Å²) in [6.45, 7) is 0.720. The summed E-state index contributed by atoms with van der Waals surface area (Å²) in [5.74, 6) is 0.755. The van der Waals surface area contributed by atoms with Gasteiger partial charge in [-0.2, -0.15) is 4.31 Å². The second kappa shape index (κ2) is 6.71. The molecular formula is C13H14BrN3O4S2. The Morgan fingerprint density at radius 3 is 2.61 bits per heavy atom. The maximum absolute atomic E-state index is 12.5. The molecule has 1 saturated heterocycles. The summed E-state index contributed by atoms with van der Waals surface area (Å²) in [6.07, 6.45) is 0.371. The molecule has 23 heavy (non-hydrogen) atoms. The highest BCUT2D eigenvalue weighted by molar-refractivity contribution is 9.11. The van der Waals surface area contributed by atoms with Gasteiger partial charge < -0.3 is 9.47 Å². The highest BCUT2D eigenvalue weighted by atomic mass is 79.9. The predicted molar refractivity (Wildman–Crippen MR) is 88.4 cm³/mol. The van der Waals surface area contributed by atoms with Gasteiger partial charge in [-0.05, 0) is 34.5 Å².